The van der Waals surface area contributed by atoms with E-state index in [1.54, 1.807) is 36.5 Å². The molecule has 2 N–H and O–H groups in total. The molecule has 0 spiro atoms. The highest BCUT2D eigenvalue weighted by molar-refractivity contribution is 5.97. The number of fused-ring (bicyclic) bond motifs is 1. The van der Waals surface area contributed by atoms with Gasteiger partial charge in [0.15, 0.2) is 0 Å². The van der Waals surface area contributed by atoms with Gasteiger partial charge in [0.25, 0.3) is 0 Å². The normalized spacial score (nSPS) is 11.2. The van der Waals surface area contributed by atoms with Crippen LogP contribution in [-0.4, -0.2) is 16.4 Å². The SMILES string of the molecule is Oc1ccccc1N=Cc1ccc2ccccc2c1O. The molecule has 0 unspecified atom stereocenters. The van der Waals surface area contributed by atoms with Crippen molar-refractivity contribution in [2.24, 2.45) is 4.99 Å². The highest BCUT2D eigenvalue weighted by Crippen LogP contribution is 2.29. The number of phenols is 2. The summed E-state index contributed by atoms with van der Waals surface area (Å²) in [4.78, 5) is 4.21. The summed E-state index contributed by atoms with van der Waals surface area (Å²) in [5, 5.41) is 21.7. The quantitative estimate of drug-likeness (QED) is 0.686. The van der Waals surface area contributed by atoms with Crippen LogP contribution in [-0.2, 0) is 0 Å². The largest absolute Gasteiger partial charge is 0.507 e. The minimum Gasteiger partial charge on any atom is -0.507 e. The number of aliphatic imine (C=N–C) groups is 1. The van der Waals surface area contributed by atoms with E-state index in [2.05, 4.69) is 4.99 Å². The minimum absolute atomic E-state index is 0.115. The van der Waals surface area contributed by atoms with Crippen LogP contribution in [0.3, 0.4) is 0 Å². The van der Waals surface area contributed by atoms with E-state index in [-0.39, 0.29) is 11.5 Å². The molecule has 0 atom stereocenters. The van der Waals surface area contributed by atoms with E-state index in [4.69, 9.17) is 0 Å². The number of hydrogen-bond donors (Lipinski definition) is 2. The first-order chi connectivity index (χ1) is 9.75. The Morgan fingerprint density at radius 3 is 2.40 bits per heavy atom. The predicted molar refractivity (Wildman–Crippen MR) is 81.0 cm³/mol. The number of benzene rings is 3. The Kier molecular flexibility index (Phi) is 3.09. The fraction of sp³-hybridized carbons (Fsp3) is 0. The average Bonchev–Trinajstić information content (AvgIpc) is 2.48. The lowest BCUT2D eigenvalue weighted by atomic mass is 10.1. The molecule has 3 heteroatoms. The topological polar surface area (TPSA) is 52.8 Å². The van der Waals surface area contributed by atoms with Crippen molar-refractivity contribution in [1.29, 1.82) is 0 Å². The van der Waals surface area contributed by atoms with Gasteiger partial charge in [0.2, 0.25) is 0 Å². The summed E-state index contributed by atoms with van der Waals surface area (Å²) < 4.78 is 0. The van der Waals surface area contributed by atoms with E-state index in [1.165, 1.54) is 0 Å². The number of nitrogens with zero attached hydrogens (tertiary/aromatic N) is 1. The lowest BCUT2D eigenvalue weighted by molar-refractivity contribution is 0.476. The predicted octanol–water partition coefficient (Wildman–Crippen LogP) is 4.00. The summed E-state index contributed by atoms with van der Waals surface area (Å²) in [7, 11) is 0. The second-order valence-electron chi connectivity index (χ2n) is 4.47. The maximum absolute atomic E-state index is 10.2. The Hall–Kier alpha value is -2.81. The van der Waals surface area contributed by atoms with Crippen molar-refractivity contribution in [2.45, 2.75) is 0 Å². The lowest BCUT2D eigenvalue weighted by Crippen LogP contribution is -1.84. The molecule has 0 bridgehead atoms. The molecule has 0 heterocycles. The zero-order valence-electron chi connectivity index (χ0n) is 10.7. The number of aromatic hydroxyl groups is 2. The third-order valence-electron chi connectivity index (χ3n) is 3.16. The van der Waals surface area contributed by atoms with Crippen molar-refractivity contribution < 1.29 is 10.2 Å². The highest BCUT2D eigenvalue weighted by Gasteiger charge is 2.04. The van der Waals surface area contributed by atoms with Crippen LogP contribution in [0.1, 0.15) is 5.56 Å². The minimum atomic E-state index is 0.115. The van der Waals surface area contributed by atoms with E-state index in [0.717, 1.165) is 10.8 Å². The van der Waals surface area contributed by atoms with Crippen molar-refractivity contribution in [2.75, 3.05) is 0 Å². The number of rotatable bonds is 2. The number of para-hydroxylation sites is 2. The zero-order chi connectivity index (χ0) is 13.9. The van der Waals surface area contributed by atoms with Crippen molar-refractivity contribution >= 4 is 22.7 Å². The molecule has 0 aliphatic rings. The summed E-state index contributed by atoms with van der Waals surface area (Å²) in [5.74, 6) is 0.311. The van der Waals surface area contributed by atoms with Gasteiger partial charge in [-0.05, 0) is 23.6 Å². The third-order valence-corrected chi connectivity index (χ3v) is 3.16. The molecule has 0 fully saturated rings. The Bertz CT molecular complexity index is 794. The monoisotopic (exact) mass is 263 g/mol. The molecule has 20 heavy (non-hydrogen) atoms. The molecule has 0 amide bonds. The summed E-state index contributed by atoms with van der Waals surface area (Å²) >= 11 is 0. The summed E-state index contributed by atoms with van der Waals surface area (Å²) in [6.07, 6.45) is 1.55. The van der Waals surface area contributed by atoms with E-state index in [9.17, 15) is 10.2 Å². The van der Waals surface area contributed by atoms with Gasteiger partial charge in [0.1, 0.15) is 17.2 Å². The summed E-state index contributed by atoms with van der Waals surface area (Å²) in [6.45, 7) is 0. The molecule has 3 aromatic carbocycles. The van der Waals surface area contributed by atoms with Crippen molar-refractivity contribution in [1.82, 2.24) is 0 Å². The van der Waals surface area contributed by atoms with Gasteiger partial charge in [-0.3, -0.25) is 4.99 Å². The van der Waals surface area contributed by atoms with Crippen LogP contribution in [0.15, 0.2) is 65.7 Å². The molecule has 0 radical (unpaired) electrons. The summed E-state index contributed by atoms with van der Waals surface area (Å²) in [5.41, 5.74) is 1.09. The third kappa shape index (κ3) is 2.21. The molecule has 0 aliphatic heterocycles. The first-order valence-electron chi connectivity index (χ1n) is 6.28. The molecule has 0 saturated carbocycles. The van der Waals surface area contributed by atoms with Gasteiger partial charge < -0.3 is 10.2 Å². The second kappa shape index (κ2) is 5.05. The number of hydrogen-bond acceptors (Lipinski definition) is 3. The second-order valence-corrected chi connectivity index (χ2v) is 4.47. The lowest BCUT2D eigenvalue weighted by Gasteiger charge is -2.04. The van der Waals surface area contributed by atoms with Crippen LogP contribution in [0.2, 0.25) is 0 Å². The zero-order valence-corrected chi connectivity index (χ0v) is 10.7. The van der Waals surface area contributed by atoms with Crippen molar-refractivity contribution in [3.63, 3.8) is 0 Å². The average molecular weight is 263 g/mol. The molecule has 3 nitrogen and oxygen atoms in total. The van der Waals surface area contributed by atoms with Gasteiger partial charge in [0.05, 0.1) is 0 Å². The molecule has 0 aromatic heterocycles. The smallest absolute Gasteiger partial charge is 0.141 e. The van der Waals surface area contributed by atoms with E-state index >= 15 is 0 Å². The first kappa shape index (κ1) is 12.2. The summed E-state index contributed by atoms with van der Waals surface area (Å²) in [6, 6.07) is 18.2. The molecule has 98 valence electrons. The Morgan fingerprint density at radius 2 is 1.55 bits per heavy atom. The van der Waals surface area contributed by atoms with Gasteiger partial charge in [-0.2, -0.15) is 0 Å². The van der Waals surface area contributed by atoms with E-state index in [1.807, 2.05) is 30.3 Å². The fourth-order valence-corrected chi connectivity index (χ4v) is 2.09. The maximum Gasteiger partial charge on any atom is 0.141 e. The van der Waals surface area contributed by atoms with Gasteiger partial charge in [-0.25, -0.2) is 0 Å². The standard InChI is InChI=1S/C17H13NO2/c19-16-8-4-3-7-15(16)18-11-13-10-9-12-5-1-2-6-14(12)17(13)20/h1-11,19-20H. The van der Waals surface area contributed by atoms with Crippen LogP contribution in [0.4, 0.5) is 5.69 Å². The van der Waals surface area contributed by atoms with Gasteiger partial charge >= 0.3 is 0 Å². The van der Waals surface area contributed by atoms with Crippen LogP contribution in [0.25, 0.3) is 10.8 Å². The number of phenolic OH excluding ortho intramolecular Hbond substituents is 2. The highest BCUT2D eigenvalue weighted by atomic mass is 16.3. The molecule has 3 aromatic rings. The Morgan fingerprint density at radius 1 is 0.800 bits per heavy atom. The van der Waals surface area contributed by atoms with Gasteiger partial charge in [-0.15, -0.1) is 0 Å². The van der Waals surface area contributed by atoms with Crippen molar-refractivity contribution in [3.8, 4) is 11.5 Å². The Labute approximate surface area is 116 Å². The van der Waals surface area contributed by atoms with E-state index < -0.39 is 0 Å². The van der Waals surface area contributed by atoms with Crippen LogP contribution in [0, 0.1) is 0 Å². The molecule has 3 rings (SSSR count). The molecular formula is C17H13NO2. The molecule has 0 aliphatic carbocycles. The van der Waals surface area contributed by atoms with Crippen molar-refractivity contribution in [3.05, 3.63) is 66.2 Å². The maximum atomic E-state index is 10.2. The molecule has 0 saturated heterocycles. The van der Waals surface area contributed by atoms with Gasteiger partial charge in [0, 0.05) is 17.2 Å². The Balaban J connectivity index is 2.03. The molecular weight excluding hydrogens is 250 g/mol. The van der Waals surface area contributed by atoms with Gasteiger partial charge in [-0.1, -0.05) is 42.5 Å². The van der Waals surface area contributed by atoms with E-state index in [0.29, 0.717) is 11.3 Å². The van der Waals surface area contributed by atoms with Crippen LogP contribution < -0.4 is 0 Å². The fourth-order valence-electron chi connectivity index (χ4n) is 2.09. The first-order valence-corrected chi connectivity index (χ1v) is 6.28. The van der Waals surface area contributed by atoms with Crippen LogP contribution in [0.5, 0.6) is 11.5 Å². The van der Waals surface area contributed by atoms with Crippen LogP contribution >= 0.6 is 0 Å².